The molecule has 0 aliphatic heterocycles. The summed E-state index contributed by atoms with van der Waals surface area (Å²) in [6.07, 6.45) is 1.66. The number of aliphatic carboxylic acids is 1. The summed E-state index contributed by atoms with van der Waals surface area (Å²) in [6, 6.07) is 0. The number of carboxylic acid groups (broad SMARTS) is 1. The molecule has 1 N–H and O–H groups in total. The van der Waals surface area contributed by atoms with Gasteiger partial charge in [0, 0.05) is 38.0 Å². The average Bonchev–Trinajstić information content (AvgIpc) is 2.65. The third kappa shape index (κ3) is 3.83. The molecule has 0 aliphatic rings. The molecule has 0 radical (unpaired) electrons. The van der Waals surface area contributed by atoms with Crippen molar-refractivity contribution in [3.63, 3.8) is 0 Å². The van der Waals surface area contributed by atoms with Gasteiger partial charge in [0.25, 0.3) is 0 Å². The fourth-order valence-corrected chi connectivity index (χ4v) is 1.84. The third-order valence-electron chi connectivity index (χ3n) is 1.98. The van der Waals surface area contributed by atoms with Crippen molar-refractivity contribution in [1.82, 2.24) is 9.36 Å². The molecule has 6 heteroatoms. The molecule has 5 nitrogen and oxygen atoms in total. The number of hydrogen-bond donors (Lipinski definition) is 1. The van der Waals surface area contributed by atoms with Crippen LogP contribution in [0.15, 0.2) is 0 Å². The van der Waals surface area contributed by atoms with Gasteiger partial charge in [-0.1, -0.05) is 6.92 Å². The van der Waals surface area contributed by atoms with E-state index in [2.05, 4.69) is 9.36 Å². The van der Waals surface area contributed by atoms with Crippen LogP contribution in [0.5, 0.6) is 0 Å². The normalized spacial score (nSPS) is 10.3. The topological polar surface area (TPSA) is 66.3 Å². The monoisotopic (exact) mass is 229 g/mol. The number of carboxylic acids is 1. The molecule has 0 saturated carbocycles. The maximum atomic E-state index is 10.3. The molecule has 15 heavy (non-hydrogen) atoms. The summed E-state index contributed by atoms with van der Waals surface area (Å²) in [5.74, 6) is 0.0926. The van der Waals surface area contributed by atoms with Crippen molar-refractivity contribution in [2.75, 3.05) is 18.5 Å². The van der Waals surface area contributed by atoms with E-state index in [0.29, 0.717) is 13.0 Å². The van der Waals surface area contributed by atoms with Crippen LogP contribution in [0.4, 0.5) is 5.13 Å². The van der Waals surface area contributed by atoms with E-state index in [9.17, 15) is 4.79 Å². The number of aryl methyl sites for hydroxylation is 1. The summed E-state index contributed by atoms with van der Waals surface area (Å²) in [5.41, 5.74) is 0. The number of nitrogens with zero attached hydrogens (tertiary/aromatic N) is 3. The Morgan fingerprint density at radius 2 is 2.33 bits per heavy atom. The number of hydrogen-bond acceptors (Lipinski definition) is 5. The summed E-state index contributed by atoms with van der Waals surface area (Å²) in [5, 5.41) is 9.35. The van der Waals surface area contributed by atoms with E-state index in [1.54, 1.807) is 0 Å². The lowest BCUT2D eigenvalue weighted by Gasteiger charge is -2.13. The fraction of sp³-hybridized carbons (Fsp3) is 0.667. The van der Waals surface area contributed by atoms with Crippen LogP contribution < -0.4 is 4.90 Å². The van der Waals surface area contributed by atoms with E-state index in [1.807, 2.05) is 18.9 Å². The van der Waals surface area contributed by atoms with Crippen molar-refractivity contribution in [2.24, 2.45) is 0 Å². The van der Waals surface area contributed by atoms with Gasteiger partial charge in [-0.15, -0.1) is 0 Å². The number of anilines is 1. The Balaban J connectivity index is 2.39. The first-order valence-electron chi connectivity index (χ1n) is 4.89. The summed E-state index contributed by atoms with van der Waals surface area (Å²) in [6.45, 7) is 2.71. The van der Waals surface area contributed by atoms with Crippen molar-refractivity contribution in [2.45, 2.75) is 26.2 Å². The zero-order chi connectivity index (χ0) is 11.3. The summed E-state index contributed by atoms with van der Waals surface area (Å²) in [7, 11) is 1.90. The minimum atomic E-state index is -0.755. The minimum absolute atomic E-state index is 0.198. The molecule has 0 spiro atoms. The van der Waals surface area contributed by atoms with E-state index in [-0.39, 0.29) is 6.42 Å². The van der Waals surface area contributed by atoms with Gasteiger partial charge in [0.2, 0.25) is 5.13 Å². The third-order valence-corrected chi connectivity index (χ3v) is 2.85. The van der Waals surface area contributed by atoms with E-state index in [0.717, 1.165) is 17.4 Å². The van der Waals surface area contributed by atoms with Gasteiger partial charge >= 0.3 is 5.97 Å². The van der Waals surface area contributed by atoms with E-state index in [1.165, 1.54) is 11.5 Å². The smallest absolute Gasteiger partial charge is 0.303 e. The van der Waals surface area contributed by atoms with Crippen LogP contribution in [-0.2, 0) is 11.2 Å². The van der Waals surface area contributed by atoms with Crippen LogP contribution in [0.25, 0.3) is 0 Å². The van der Waals surface area contributed by atoms with Gasteiger partial charge < -0.3 is 10.0 Å². The second-order valence-electron chi connectivity index (χ2n) is 3.27. The Morgan fingerprint density at radius 1 is 1.60 bits per heavy atom. The Morgan fingerprint density at radius 3 is 2.87 bits per heavy atom. The molecule has 0 aliphatic carbocycles. The van der Waals surface area contributed by atoms with Gasteiger partial charge in [-0.25, -0.2) is 4.98 Å². The molecule has 84 valence electrons. The van der Waals surface area contributed by atoms with Crippen molar-refractivity contribution in [3.8, 4) is 0 Å². The second kappa shape index (κ2) is 5.65. The lowest BCUT2D eigenvalue weighted by Crippen LogP contribution is -2.19. The Kier molecular flexibility index (Phi) is 4.48. The maximum absolute atomic E-state index is 10.3. The number of aromatic nitrogens is 2. The highest BCUT2D eigenvalue weighted by Crippen LogP contribution is 2.16. The van der Waals surface area contributed by atoms with Gasteiger partial charge in [-0.2, -0.15) is 4.37 Å². The zero-order valence-corrected chi connectivity index (χ0v) is 9.75. The van der Waals surface area contributed by atoms with Gasteiger partial charge in [0.05, 0.1) is 0 Å². The highest BCUT2D eigenvalue weighted by molar-refractivity contribution is 7.09. The Labute approximate surface area is 92.9 Å². The molecule has 0 bridgehead atoms. The van der Waals surface area contributed by atoms with Crippen LogP contribution >= 0.6 is 11.5 Å². The largest absolute Gasteiger partial charge is 0.481 e. The lowest BCUT2D eigenvalue weighted by molar-refractivity contribution is -0.137. The predicted molar refractivity (Wildman–Crippen MR) is 59.4 cm³/mol. The Hall–Kier alpha value is -1.17. The van der Waals surface area contributed by atoms with E-state index in [4.69, 9.17) is 5.11 Å². The molecular weight excluding hydrogens is 214 g/mol. The lowest BCUT2D eigenvalue weighted by atomic mass is 10.3. The summed E-state index contributed by atoms with van der Waals surface area (Å²) >= 11 is 1.36. The predicted octanol–water partition coefficient (Wildman–Crippen LogP) is 1.40. The highest BCUT2D eigenvalue weighted by Gasteiger charge is 2.07. The summed E-state index contributed by atoms with van der Waals surface area (Å²) in [4.78, 5) is 16.6. The first kappa shape index (κ1) is 11.9. The molecule has 0 amide bonds. The van der Waals surface area contributed by atoms with Crippen LogP contribution in [0, 0.1) is 0 Å². The molecule has 0 aromatic carbocycles. The molecule has 0 fully saturated rings. The van der Waals surface area contributed by atoms with Crippen molar-refractivity contribution >= 4 is 22.6 Å². The molecule has 0 saturated heterocycles. The standard InChI is InChI=1S/C9H15N3O2S/c1-3-7-10-9(15-11-7)12(2)6-4-5-8(13)14/h3-6H2,1-2H3,(H,13,14). The van der Waals surface area contributed by atoms with Gasteiger partial charge in [0.1, 0.15) is 5.82 Å². The van der Waals surface area contributed by atoms with E-state index >= 15 is 0 Å². The molecule has 0 unspecified atom stereocenters. The molecule has 0 atom stereocenters. The minimum Gasteiger partial charge on any atom is -0.481 e. The van der Waals surface area contributed by atoms with Crippen molar-refractivity contribution in [3.05, 3.63) is 5.82 Å². The summed E-state index contributed by atoms with van der Waals surface area (Å²) < 4.78 is 4.17. The highest BCUT2D eigenvalue weighted by atomic mass is 32.1. The van der Waals surface area contributed by atoms with Crippen LogP contribution in [0.1, 0.15) is 25.6 Å². The van der Waals surface area contributed by atoms with Gasteiger partial charge in [-0.3, -0.25) is 4.79 Å². The SMILES string of the molecule is CCc1nsc(N(C)CCCC(=O)O)n1. The first-order valence-corrected chi connectivity index (χ1v) is 5.66. The first-order chi connectivity index (χ1) is 7.13. The zero-order valence-electron chi connectivity index (χ0n) is 8.93. The van der Waals surface area contributed by atoms with Gasteiger partial charge in [0.15, 0.2) is 0 Å². The number of rotatable bonds is 6. The molecule has 1 aromatic rings. The maximum Gasteiger partial charge on any atom is 0.303 e. The van der Waals surface area contributed by atoms with Crippen LogP contribution in [0.3, 0.4) is 0 Å². The van der Waals surface area contributed by atoms with Crippen molar-refractivity contribution in [1.29, 1.82) is 0 Å². The molecule has 1 heterocycles. The van der Waals surface area contributed by atoms with Crippen molar-refractivity contribution < 1.29 is 9.90 Å². The molecule has 1 aromatic heterocycles. The number of carbonyl (C=O) groups is 1. The fourth-order valence-electron chi connectivity index (χ4n) is 1.11. The Bertz CT molecular complexity index is 327. The molecular formula is C9H15N3O2S. The van der Waals surface area contributed by atoms with E-state index < -0.39 is 5.97 Å². The average molecular weight is 229 g/mol. The molecule has 1 rings (SSSR count). The van der Waals surface area contributed by atoms with Gasteiger partial charge in [-0.05, 0) is 6.42 Å². The van der Waals surface area contributed by atoms with Crippen LogP contribution in [-0.4, -0.2) is 34.0 Å². The second-order valence-corrected chi connectivity index (χ2v) is 4.00. The quantitative estimate of drug-likeness (QED) is 0.798. The van der Waals surface area contributed by atoms with Crippen LogP contribution in [0.2, 0.25) is 0 Å².